The van der Waals surface area contributed by atoms with E-state index in [1.807, 2.05) is 12.1 Å². The molecule has 2 bridgehead atoms. The monoisotopic (exact) mass is 408 g/mol. The van der Waals surface area contributed by atoms with E-state index in [0.717, 1.165) is 37.1 Å². The first-order chi connectivity index (χ1) is 14.4. The maximum atomic E-state index is 13.9. The Morgan fingerprint density at radius 1 is 1.03 bits per heavy atom. The van der Waals surface area contributed by atoms with E-state index < -0.39 is 11.6 Å². The van der Waals surface area contributed by atoms with Gasteiger partial charge in [0.2, 0.25) is 0 Å². The molecule has 4 nitrogen and oxygen atoms in total. The molecular weight excluding hydrogens is 379 g/mol. The van der Waals surface area contributed by atoms with Gasteiger partial charge in [-0.2, -0.15) is 0 Å². The summed E-state index contributed by atoms with van der Waals surface area (Å²) in [6.45, 7) is 7.10. The Balaban J connectivity index is 1.85. The number of nitrogens with zero attached hydrogens (tertiary/aromatic N) is 2. The van der Waals surface area contributed by atoms with Gasteiger partial charge >= 0.3 is 6.09 Å². The molecule has 4 aliphatic heterocycles. The van der Waals surface area contributed by atoms with Gasteiger partial charge in [-0.05, 0) is 80.9 Å². The van der Waals surface area contributed by atoms with Crippen molar-refractivity contribution in [2.45, 2.75) is 44.2 Å². The largest absolute Gasteiger partial charge is 0.465 e. The average Bonchev–Trinajstić information content (AvgIpc) is 2.74. The third-order valence-electron chi connectivity index (χ3n) is 8.01. The van der Waals surface area contributed by atoms with E-state index in [1.54, 1.807) is 17.0 Å². The Hall–Kier alpha value is -2.40. The smallest absolute Gasteiger partial charge is 0.408 e. The minimum absolute atomic E-state index is 0.0792. The molecule has 6 rings (SSSR count). The van der Waals surface area contributed by atoms with Gasteiger partial charge in [0, 0.05) is 18.0 Å². The third-order valence-corrected chi connectivity index (χ3v) is 8.01. The van der Waals surface area contributed by atoms with Crippen LogP contribution in [-0.2, 0) is 12.0 Å². The zero-order chi connectivity index (χ0) is 21.1. The van der Waals surface area contributed by atoms with Crippen LogP contribution in [0.4, 0.5) is 9.18 Å². The van der Waals surface area contributed by atoms with E-state index in [4.69, 9.17) is 0 Å². The molecule has 4 aliphatic rings. The van der Waals surface area contributed by atoms with Gasteiger partial charge in [0.05, 0.1) is 0 Å². The van der Waals surface area contributed by atoms with Crippen molar-refractivity contribution in [1.82, 2.24) is 9.80 Å². The minimum atomic E-state index is -0.902. The molecule has 1 N–H and O–H groups in total. The summed E-state index contributed by atoms with van der Waals surface area (Å²) in [5.41, 5.74) is 2.14. The molecule has 1 amide bonds. The topological polar surface area (TPSA) is 43.8 Å². The fraction of sp³-hybridized carbons (Fsp3) is 0.480. The molecule has 0 aromatic heterocycles. The van der Waals surface area contributed by atoms with E-state index in [0.29, 0.717) is 18.9 Å². The molecule has 0 saturated carbocycles. The third kappa shape index (κ3) is 2.57. The average molecular weight is 409 g/mol. The molecule has 1 unspecified atom stereocenters. The molecule has 0 spiro atoms. The molecule has 3 fully saturated rings. The molecule has 3 saturated heterocycles. The predicted octanol–water partition coefficient (Wildman–Crippen LogP) is 4.73. The Morgan fingerprint density at radius 3 is 2.33 bits per heavy atom. The fourth-order valence-electron chi connectivity index (χ4n) is 6.88. The fourth-order valence-corrected chi connectivity index (χ4v) is 6.88. The van der Waals surface area contributed by atoms with Crippen LogP contribution in [0.1, 0.15) is 43.4 Å². The Labute approximate surface area is 177 Å². The van der Waals surface area contributed by atoms with Gasteiger partial charge in [-0.15, -0.1) is 0 Å². The SMILES string of the molecule is CC1(C)C([C@]2(c3ccc(F)cc3)c3ccccc3CCN2C(=O)O)C2CCN1CC2. The number of carbonyl (C=O) groups is 1. The number of hydrogen-bond acceptors (Lipinski definition) is 2. The van der Waals surface area contributed by atoms with Crippen LogP contribution in [0, 0.1) is 17.7 Å². The van der Waals surface area contributed by atoms with E-state index in [2.05, 4.69) is 30.9 Å². The number of carboxylic acid groups (broad SMARTS) is 1. The number of amides is 1. The van der Waals surface area contributed by atoms with Crippen molar-refractivity contribution in [3.8, 4) is 0 Å². The second kappa shape index (κ2) is 6.81. The quantitative estimate of drug-likeness (QED) is 0.782. The second-order valence-corrected chi connectivity index (χ2v) is 9.57. The van der Waals surface area contributed by atoms with Gasteiger partial charge in [-0.1, -0.05) is 36.4 Å². The van der Waals surface area contributed by atoms with Gasteiger partial charge < -0.3 is 5.11 Å². The lowest BCUT2D eigenvalue weighted by atomic mass is 9.54. The predicted molar refractivity (Wildman–Crippen MR) is 114 cm³/mol. The van der Waals surface area contributed by atoms with E-state index in [-0.39, 0.29) is 17.3 Å². The number of piperidine rings is 3. The summed E-state index contributed by atoms with van der Waals surface area (Å²) in [4.78, 5) is 16.9. The van der Waals surface area contributed by atoms with Crippen LogP contribution in [0.3, 0.4) is 0 Å². The summed E-state index contributed by atoms with van der Waals surface area (Å²) in [5.74, 6) is 0.201. The van der Waals surface area contributed by atoms with Crippen molar-refractivity contribution in [2.24, 2.45) is 11.8 Å². The Kier molecular flexibility index (Phi) is 4.44. The zero-order valence-electron chi connectivity index (χ0n) is 17.6. The summed E-state index contributed by atoms with van der Waals surface area (Å²) in [5, 5.41) is 10.4. The molecule has 2 aromatic rings. The van der Waals surface area contributed by atoms with Gasteiger partial charge in [0.25, 0.3) is 0 Å². The first kappa shape index (κ1) is 19.6. The van der Waals surface area contributed by atoms with Crippen LogP contribution in [0.25, 0.3) is 0 Å². The van der Waals surface area contributed by atoms with Crippen molar-refractivity contribution >= 4 is 6.09 Å². The van der Waals surface area contributed by atoms with Crippen LogP contribution in [-0.4, -0.2) is 46.2 Å². The Bertz CT molecular complexity index is 965. The van der Waals surface area contributed by atoms with Crippen molar-refractivity contribution in [3.63, 3.8) is 0 Å². The van der Waals surface area contributed by atoms with Crippen molar-refractivity contribution < 1.29 is 14.3 Å². The normalized spacial score (nSPS) is 32.0. The zero-order valence-corrected chi connectivity index (χ0v) is 17.6. The number of benzene rings is 2. The molecule has 2 atom stereocenters. The first-order valence-electron chi connectivity index (χ1n) is 11.0. The highest BCUT2D eigenvalue weighted by Gasteiger charge is 2.62. The van der Waals surface area contributed by atoms with Crippen LogP contribution in [0.5, 0.6) is 0 Å². The molecular formula is C25H29FN2O2. The molecule has 0 radical (unpaired) electrons. The molecule has 158 valence electrons. The lowest BCUT2D eigenvalue weighted by Gasteiger charge is -2.65. The number of halogens is 1. The maximum absolute atomic E-state index is 13.9. The van der Waals surface area contributed by atoms with E-state index >= 15 is 0 Å². The number of hydrogen-bond donors (Lipinski definition) is 1. The molecule has 4 heterocycles. The lowest BCUT2D eigenvalue weighted by molar-refractivity contribution is -0.124. The number of rotatable bonds is 2. The highest BCUT2D eigenvalue weighted by Crippen LogP contribution is 2.58. The summed E-state index contributed by atoms with van der Waals surface area (Å²) in [6, 6.07) is 14.8. The summed E-state index contributed by atoms with van der Waals surface area (Å²) in [7, 11) is 0. The van der Waals surface area contributed by atoms with Gasteiger partial charge in [0.1, 0.15) is 11.4 Å². The highest BCUT2D eigenvalue weighted by atomic mass is 19.1. The van der Waals surface area contributed by atoms with Crippen molar-refractivity contribution in [2.75, 3.05) is 19.6 Å². The highest BCUT2D eigenvalue weighted by molar-refractivity contribution is 5.70. The molecule has 0 aliphatic carbocycles. The van der Waals surface area contributed by atoms with E-state index in [1.165, 1.54) is 17.7 Å². The molecule has 30 heavy (non-hydrogen) atoms. The van der Waals surface area contributed by atoms with Gasteiger partial charge in [-0.3, -0.25) is 9.80 Å². The van der Waals surface area contributed by atoms with E-state index in [9.17, 15) is 14.3 Å². The summed E-state index contributed by atoms with van der Waals surface area (Å²) >= 11 is 0. The number of fused-ring (bicyclic) bond motifs is 4. The van der Waals surface area contributed by atoms with Crippen LogP contribution in [0.15, 0.2) is 48.5 Å². The summed E-state index contributed by atoms with van der Waals surface area (Å²) < 4.78 is 13.9. The van der Waals surface area contributed by atoms with Crippen LogP contribution in [0.2, 0.25) is 0 Å². The van der Waals surface area contributed by atoms with Gasteiger partial charge in [-0.25, -0.2) is 9.18 Å². The standard InChI is InChI=1S/C25H29FN2O2/c1-24(2)22(18-11-14-27(24)15-12-18)25(19-7-9-20(26)10-8-19)21-6-4-3-5-17(21)13-16-28(25)23(29)30/h3-10,18,22H,11-16H2,1-2H3,(H,29,30)/t22?,25-/m0/s1. The first-order valence-corrected chi connectivity index (χ1v) is 11.0. The minimum Gasteiger partial charge on any atom is -0.465 e. The van der Waals surface area contributed by atoms with Crippen LogP contribution >= 0.6 is 0 Å². The molecule has 5 heteroatoms. The summed E-state index contributed by atoms with van der Waals surface area (Å²) in [6.07, 6.45) is 1.95. The molecule has 2 aromatic carbocycles. The van der Waals surface area contributed by atoms with Gasteiger partial charge in [0.15, 0.2) is 0 Å². The second-order valence-electron chi connectivity index (χ2n) is 9.57. The lowest BCUT2D eigenvalue weighted by Crippen LogP contribution is -2.71. The van der Waals surface area contributed by atoms with Crippen molar-refractivity contribution in [3.05, 3.63) is 71.0 Å². The van der Waals surface area contributed by atoms with Crippen LogP contribution < -0.4 is 0 Å². The maximum Gasteiger partial charge on any atom is 0.408 e. The Morgan fingerprint density at radius 2 is 1.70 bits per heavy atom. The van der Waals surface area contributed by atoms with Crippen molar-refractivity contribution in [1.29, 1.82) is 0 Å².